The van der Waals surface area contributed by atoms with Crippen LogP contribution in [0.4, 0.5) is 11.5 Å². The number of anilines is 2. The number of nitrogens with zero attached hydrogens (tertiary/aromatic N) is 6. The van der Waals surface area contributed by atoms with Gasteiger partial charge in [0.15, 0.2) is 0 Å². The average molecular weight is 502 g/mol. The Kier molecular flexibility index (Phi) is 6.00. The third-order valence-electron chi connectivity index (χ3n) is 6.80. The quantitative estimate of drug-likeness (QED) is 0.357. The van der Waals surface area contributed by atoms with Crippen molar-refractivity contribution in [2.24, 2.45) is 7.05 Å². The zero-order valence-electron chi connectivity index (χ0n) is 20.1. The Labute approximate surface area is 212 Å². The average Bonchev–Trinajstić information content (AvgIpc) is 3.53. The molecule has 10 heteroatoms. The lowest BCUT2D eigenvalue weighted by Crippen LogP contribution is -2.45. The van der Waals surface area contributed by atoms with Gasteiger partial charge >= 0.3 is 0 Å². The van der Waals surface area contributed by atoms with Crippen molar-refractivity contribution in [3.05, 3.63) is 54.6 Å². The van der Waals surface area contributed by atoms with Crippen LogP contribution in [0.5, 0.6) is 5.75 Å². The van der Waals surface area contributed by atoms with Crippen LogP contribution in [0.15, 0.2) is 54.6 Å². The van der Waals surface area contributed by atoms with Gasteiger partial charge in [0.25, 0.3) is 0 Å². The summed E-state index contributed by atoms with van der Waals surface area (Å²) in [6, 6.07) is 10.3. The predicted molar refractivity (Wildman–Crippen MR) is 142 cm³/mol. The molecule has 2 aromatic carbocycles. The molecule has 0 saturated carbocycles. The number of fused-ring (bicyclic) bond motifs is 2. The number of rotatable bonds is 6. The molecule has 0 amide bonds. The van der Waals surface area contributed by atoms with Crippen LogP contribution >= 0.6 is 11.3 Å². The topological polar surface area (TPSA) is 101 Å². The Morgan fingerprint density at radius 1 is 1.11 bits per heavy atom. The van der Waals surface area contributed by atoms with Crippen LogP contribution < -0.4 is 10.1 Å². The van der Waals surface area contributed by atoms with Crippen molar-refractivity contribution < 1.29 is 9.84 Å². The number of nitrogens with one attached hydrogen (secondary N) is 1. The van der Waals surface area contributed by atoms with Crippen molar-refractivity contribution in [3.63, 3.8) is 0 Å². The summed E-state index contributed by atoms with van der Waals surface area (Å²) in [5.41, 5.74) is 6.51. The highest BCUT2D eigenvalue weighted by atomic mass is 32.1. The van der Waals surface area contributed by atoms with E-state index in [1.165, 1.54) is 0 Å². The van der Waals surface area contributed by atoms with Gasteiger partial charge in [-0.3, -0.25) is 4.68 Å². The number of piperidine rings is 1. The van der Waals surface area contributed by atoms with Gasteiger partial charge in [0.2, 0.25) is 0 Å². The number of benzene rings is 2. The molecular weight excluding hydrogens is 474 g/mol. The number of ether oxygens (including phenoxy) is 1. The summed E-state index contributed by atoms with van der Waals surface area (Å²) in [5, 5.41) is 18.5. The smallest absolute Gasteiger partial charge is 0.145 e. The normalized spacial score (nSPS) is 18.6. The second kappa shape index (κ2) is 9.45. The second-order valence-corrected chi connectivity index (χ2v) is 10.1. The molecular formula is C26H27N7O2S. The molecule has 0 aliphatic carbocycles. The molecule has 4 heterocycles. The van der Waals surface area contributed by atoms with E-state index in [0.29, 0.717) is 5.82 Å². The lowest BCUT2D eigenvalue weighted by molar-refractivity contribution is 0.0437. The summed E-state index contributed by atoms with van der Waals surface area (Å²) < 4.78 is 9.55. The van der Waals surface area contributed by atoms with Crippen molar-refractivity contribution in [2.75, 3.05) is 25.5 Å². The molecule has 1 saturated heterocycles. The predicted octanol–water partition coefficient (Wildman–Crippen LogP) is 4.22. The van der Waals surface area contributed by atoms with E-state index in [9.17, 15) is 5.11 Å². The largest absolute Gasteiger partial charge is 0.489 e. The molecule has 36 heavy (non-hydrogen) atoms. The van der Waals surface area contributed by atoms with Crippen LogP contribution in [0.25, 0.3) is 32.2 Å². The molecule has 2 atom stereocenters. The van der Waals surface area contributed by atoms with Crippen LogP contribution in [-0.2, 0) is 7.05 Å². The van der Waals surface area contributed by atoms with Crippen molar-refractivity contribution in [2.45, 2.75) is 25.0 Å². The number of likely N-dealkylation sites (N-methyl/N-ethyl adjacent to an activating group) is 1. The summed E-state index contributed by atoms with van der Waals surface area (Å²) in [5.74, 6) is 1.41. The van der Waals surface area contributed by atoms with E-state index in [-0.39, 0.29) is 18.8 Å². The molecule has 6 rings (SSSR count). The molecule has 0 radical (unpaired) electrons. The van der Waals surface area contributed by atoms with Gasteiger partial charge in [0.05, 0.1) is 39.4 Å². The van der Waals surface area contributed by atoms with E-state index in [4.69, 9.17) is 4.74 Å². The van der Waals surface area contributed by atoms with Gasteiger partial charge in [-0.15, -0.1) is 11.3 Å². The minimum atomic E-state index is -0.0210. The van der Waals surface area contributed by atoms with Gasteiger partial charge in [0, 0.05) is 43.5 Å². The van der Waals surface area contributed by atoms with Crippen molar-refractivity contribution in [3.8, 4) is 16.9 Å². The van der Waals surface area contributed by atoms with Gasteiger partial charge in [-0.25, -0.2) is 15.0 Å². The number of likely N-dealkylation sites (tertiary alicyclic amines) is 1. The molecule has 0 spiro atoms. The van der Waals surface area contributed by atoms with Crippen LogP contribution in [0.2, 0.25) is 0 Å². The maximum atomic E-state index is 9.84. The second-order valence-electron chi connectivity index (χ2n) is 9.23. The van der Waals surface area contributed by atoms with Gasteiger partial charge in [-0.1, -0.05) is 0 Å². The van der Waals surface area contributed by atoms with Gasteiger partial charge in [-0.2, -0.15) is 5.10 Å². The SMILES string of the molecule is CN1CC[C@H](Oc2cc(-c3cnn(C)c3)cc3ncnc(Nc4ccc5ncsc5c4)c23)C[C@H]1CO. The fraction of sp³-hybridized carbons (Fsp3) is 0.308. The third kappa shape index (κ3) is 4.39. The molecule has 0 bridgehead atoms. The van der Waals surface area contributed by atoms with E-state index < -0.39 is 0 Å². The minimum absolute atomic E-state index is 0.0210. The standard InChI is InChI=1S/C26H27N7O2S/c1-32-6-5-20(10-19(32)13-34)35-23-8-16(17-11-30-33(2)12-17)7-22-25(23)26(28-14-27-22)31-18-3-4-21-24(9-18)36-15-29-21/h3-4,7-9,11-12,14-15,19-20,34H,5-6,10,13H2,1-2H3,(H,27,28,31)/t19-,20-/m0/s1. The zero-order chi connectivity index (χ0) is 24.6. The van der Waals surface area contributed by atoms with Crippen molar-refractivity contribution >= 4 is 44.0 Å². The van der Waals surface area contributed by atoms with Gasteiger partial charge in [-0.05, 0) is 49.4 Å². The highest BCUT2D eigenvalue weighted by molar-refractivity contribution is 7.16. The molecule has 1 aliphatic heterocycles. The van der Waals surface area contributed by atoms with Crippen LogP contribution in [-0.4, -0.2) is 67.1 Å². The Bertz CT molecular complexity index is 1530. The molecule has 0 unspecified atom stereocenters. The fourth-order valence-corrected chi connectivity index (χ4v) is 5.50. The van der Waals surface area contributed by atoms with Gasteiger partial charge in [0.1, 0.15) is 24.0 Å². The fourth-order valence-electron chi connectivity index (χ4n) is 4.78. The first-order valence-electron chi connectivity index (χ1n) is 11.9. The summed E-state index contributed by atoms with van der Waals surface area (Å²) in [6.45, 7) is 0.982. The Morgan fingerprint density at radius 3 is 2.86 bits per heavy atom. The van der Waals surface area contributed by atoms with Crippen molar-refractivity contribution in [1.29, 1.82) is 0 Å². The molecule has 184 valence electrons. The zero-order valence-corrected chi connectivity index (χ0v) is 20.9. The van der Waals surface area contributed by atoms with E-state index in [2.05, 4.69) is 36.3 Å². The van der Waals surface area contributed by atoms with Crippen LogP contribution in [0, 0.1) is 0 Å². The maximum absolute atomic E-state index is 9.84. The first kappa shape index (κ1) is 22.8. The van der Waals surface area contributed by atoms with Gasteiger partial charge < -0.3 is 20.1 Å². The first-order chi connectivity index (χ1) is 17.6. The van der Waals surface area contributed by atoms with E-state index in [1.807, 2.05) is 56.3 Å². The number of aliphatic hydroxyl groups excluding tert-OH is 1. The number of hydrogen-bond acceptors (Lipinski definition) is 9. The lowest BCUT2D eigenvalue weighted by Gasteiger charge is -2.36. The Balaban J connectivity index is 1.43. The Hall–Kier alpha value is -3.60. The summed E-state index contributed by atoms with van der Waals surface area (Å²) in [4.78, 5) is 15.8. The molecule has 1 aliphatic rings. The molecule has 5 aromatic rings. The molecule has 9 nitrogen and oxygen atoms in total. The molecule has 2 N–H and O–H groups in total. The third-order valence-corrected chi connectivity index (χ3v) is 7.59. The Morgan fingerprint density at radius 2 is 2.03 bits per heavy atom. The van der Waals surface area contributed by atoms with E-state index in [1.54, 1.807) is 22.3 Å². The molecule has 3 aromatic heterocycles. The number of thiazole rings is 1. The first-order valence-corrected chi connectivity index (χ1v) is 12.8. The highest BCUT2D eigenvalue weighted by Gasteiger charge is 2.28. The minimum Gasteiger partial charge on any atom is -0.489 e. The summed E-state index contributed by atoms with van der Waals surface area (Å²) in [6.07, 6.45) is 7.00. The van der Waals surface area contributed by atoms with E-state index in [0.717, 1.165) is 63.1 Å². The number of hydrogen-bond donors (Lipinski definition) is 2. The lowest BCUT2D eigenvalue weighted by atomic mass is 10.00. The highest BCUT2D eigenvalue weighted by Crippen LogP contribution is 2.38. The van der Waals surface area contributed by atoms with Crippen LogP contribution in [0.3, 0.4) is 0 Å². The number of aromatic nitrogens is 5. The molecule has 1 fully saturated rings. The summed E-state index contributed by atoms with van der Waals surface area (Å²) in [7, 11) is 3.95. The maximum Gasteiger partial charge on any atom is 0.145 e. The van der Waals surface area contributed by atoms with Crippen LogP contribution in [0.1, 0.15) is 12.8 Å². The monoisotopic (exact) mass is 501 g/mol. The number of aliphatic hydroxyl groups is 1. The summed E-state index contributed by atoms with van der Waals surface area (Å²) >= 11 is 1.61. The van der Waals surface area contributed by atoms with E-state index >= 15 is 0 Å². The number of aryl methyl sites for hydroxylation is 1. The van der Waals surface area contributed by atoms with Crippen molar-refractivity contribution in [1.82, 2.24) is 29.6 Å².